The molecule has 27 heavy (non-hydrogen) atoms. The van der Waals surface area contributed by atoms with Gasteiger partial charge in [0, 0.05) is 38.8 Å². The Morgan fingerprint density at radius 3 is 2.59 bits per heavy atom. The second-order valence-electron chi connectivity index (χ2n) is 6.32. The molecule has 1 amide bonds. The van der Waals surface area contributed by atoms with Crippen LogP contribution in [0.1, 0.15) is 23.0 Å². The molecule has 1 aromatic heterocycles. The van der Waals surface area contributed by atoms with Gasteiger partial charge in [0.05, 0.1) is 11.6 Å². The highest BCUT2D eigenvalue weighted by atomic mass is 35.5. The predicted molar refractivity (Wildman–Crippen MR) is 108 cm³/mol. The molecule has 1 aliphatic rings. The Morgan fingerprint density at radius 1 is 1.15 bits per heavy atom. The maximum Gasteiger partial charge on any atom is 0.274 e. The number of benzene rings is 1. The first kappa shape index (κ1) is 19.4. The van der Waals surface area contributed by atoms with Gasteiger partial charge in [-0.1, -0.05) is 54.1 Å². The number of piperazine rings is 1. The minimum atomic E-state index is -0.138. The topological polar surface area (TPSA) is 45.7 Å². The molecule has 5 nitrogen and oxygen atoms in total. The van der Waals surface area contributed by atoms with Gasteiger partial charge in [-0.15, -0.1) is 0 Å². The van der Waals surface area contributed by atoms with Crippen LogP contribution in [0, 0.1) is 0 Å². The summed E-state index contributed by atoms with van der Waals surface area (Å²) in [4.78, 5) is 21.2. The summed E-state index contributed by atoms with van der Waals surface area (Å²) in [5.74, 6) is 0.288. The number of carbonyl (C=O) groups excluding carboxylic acids is 1. The fourth-order valence-electron chi connectivity index (χ4n) is 2.99. The third-order valence-corrected chi connectivity index (χ3v) is 4.75. The monoisotopic (exact) mass is 385 g/mol. The van der Waals surface area contributed by atoms with E-state index in [1.807, 2.05) is 25.1 Å². The average molecular weight is 386 g/mol. The van der Waals surface area contributed by atoms with E-state index in [0.29, 0.717) is 30.6 Å². The summed E-state index contributed by atoms with van der Waals surface area (Å²) in [6.45, 7) is 6.22. The van der Waals surface area contributed by atoms with Gasteiger partial charge in [0.15, 0.2) is 5.69 Å². The van der Waals surface area contributed by atoms with E-state index in [-0.39, 0.29) is 11.6 Å². The highest BCUT2D eigenvalue weighted by Gasteiger charge is 2.24. The van der Waals surface area contributed by atoms with Crippen LogP contribution in [0.15, 0.2) is 48.5 Å². The molecular formula is C21H24ClN3O2. The van der Waals surface area contributed by atoms with Gasteiger partial charge in [-0.2, -0.15) is 0 Å². The number of nitrogens with zero attached hydrogens (tertiary/aromatic N) is 3. The van der Waals surface area contributed by atoms with Gasteiger partial charge < -0.3 is 9.64 Å². The first-order valence-corrected chi connectivity index (χ1v) is 9.57. The molecule has 6 heteroatoms. The number of carbonyl (C=O) groups is 1. The van der Waals surface area contributed by atoms with E-state index in [9.17, 15) is 4.79 Å². The zero-order chi connectivity index (χ0) is 19.1. The highest BCUT2D eigenvalue weighted by molar-refractivity contribution is 6.33. The molecule has 1 saturated heterocycles. The predicted octanol–water partition coefficient (Wildman–Crippen LogP) is 3.60. The maximum absolute atomic E-state index is 12.8. The lowest BCUT2D eigenvalue weighted by molar-refractivity contribution is 0.0643. The Hall–Kier alpha value is -2.37. The van der Waals surface area contributed by atoms with Gasteiger partial charge in [0.1, 0.15) is 0 Å². The van der Waals surface area contributed by atoms with Crippen LogP contribution in [0.5, 0.6) is 5.88 Å². The lowest BCUT2D eigenvalue weighted by Gasteiger charge is -2.34. The Morgan fingerprint density at radius 2 is 1.89 bits per heavy atom. The molecule has 1 aromatic carbocycles. The minimum Gasteiger partial charge on any atom is -0.478 e. The summed E-state index contributed by atoms with van der Waals surface area (Å²) in [6, 6.07) is 13.6. The standard InChI is InChI=1S/C21H24ClN3O2/c1-2-27-19-11-10-18(22)20(23-19)21(26)25-15-13-24(14-16-25)12-6-9-17-7-4-3-5-8-17/h3-11H,2,12-16H2,1H3/b9-6+. The van der Waals surface area contributed by atoms with Crippen molar-refractivity contribution in [1.29, 1.82) is 0 Å². The molecule has 1 aliphatic heterocycles. The molecule has 0 N–H and O–H groups in total. The van der Waals surface area contributed by atoms with Crippen LogP contribution < -0.4 is 4.74 Å². The molecular weight excluding hydrogens is 362 g/mol. The molecule has 0 aliphatic carbocycles. The third-order valence-electron chi connectivity index (χ3n) is 4.45. The Labute approximate surface area is 165 Å². The van der Waals surface area contributed by atoms with Gasteiger partial charge in [0.2, 0.25) is 5.88 Å². The Balaban J connectivity index is 1.53. The maximum atomic E-state index is 12.8. The minimum absolute atomic E-state index is 0.138. The van der Waals surface area contributed by atoms with Crippen molar-refractivity contribution in [1.82, 2.24) is 14.8 Å². The van der Waals surface area contributed by atoms with Gasteiger partial charge in [-0.05, 0) is 18.6 Å². The smallest absolute Gasteiger partial charge is 0.274 e. The molecule has 0 bridgehead atoms. The number of amides is 1. The molecule has 0 saturated carbocycles. The number of halogens is 1. The van der Waals surface area contributed by atoms with E-state index in [2.05, 4.69) is 34.2 Å². The molecule has 2 heterocycles. The number of hydrogen-bond donors (Lipinski definition) is 0. The van der Waals surface area contributed by atoms with Crippen LogP contribution in [0.25, 0.3) is 6.08 Å². The molecule has 3 rings (SSSR count). The summed E-state index contributed by atoms with van der Waals surface area (Å²) in [5.41, 5.74) is 1.46. The van der Waals surface area contributed by atoms with Crippen molar-refractivity contribution < 1.29 is 9.53 Å². The van der Waals surface area contributed by atoms with Gasteiger partial charge in [-0.3, -0.25) is 9.69 Å². The second kappa shape index (κ2) is 9.53. The zero-order valence-corrected chi connectivity index (χ0v) is 16.2. The van der Waals surface area contributed by atoms with Crippen LogP contribution >= 0.6 is 11.6 Å². The van der Waals surface area contributed by atoms with Gasteiger partial charge in [-0.25, -0.2) is 4.98 Å². The van der Waals surface area contributed by atoms with Gasteiger partial charge in [0.25, 0.3) is 5.91 Å². The largest absolute Gasteiger partial charge is 0.478 e. The van der Waals surface area contributed by atoms with Crippen molar-refractivity contribution in [2.45, 2.75) is 6.92 Å². The van der Waals surface area contributed by atoms with Crippen molar-refractivity contribution in [3.05, 3.63) is 64.8 Å². The first-order chi connectivity index (χ1) is 13.2. The molecule has 0 spiro atoms. The summed E-state index contributed by atoms with van der Waals surface area (Å²) in [5, 5.41) is 0.358. The Bertz CT molecular complexity index is 787. The van der Waals surface area contributed by atoms with Crippen LogP contribution in [-0.2, 0) is 0 Å². The van der Waals surface area contributed by atoms with Crippen molar-refractivity contribution in [3.63, 3.8) is 0 Å². The van der Waals surface area contributed by atoms with Crippen molar-refractivity contribution in [2.24, 2.45) is 0 Å². The van der Waals surface area contributed by atoms with Crippen LogP contribution in [-0.4, -0.2) is 60.0 Å². The SMILES string of the molecule is CCOc1ccc(Cl)c(C(=O)N2CCN(C/C=C/c3ccccc3)CC2)n1. The molecule has 1 fully saturated rings. The number of aromatic nitrogens is 1. The van der Waals surface area contributed by atoms with E-state index in [4.69, 9.17) is 16.3 Å². The molecule has 142 valence electrons. The Kier molecular flexibility index (Phi) is 6.85. The van der Waals surface area contributed by atoms with Crippen LogP contribution in [0.4, 0.5) is 0 Å². The van der Waals surface area contributed by atoms with Crippen LogP contribution in [0.2, 0.25) is 5.02 Å². The van der Waals surface area contributed by atoms with Crippen molar-refractivity contribution in [2.75, 3.05) is 39.3 Å². The quantitative estimate of drug-likeness (QED) is 0.762. The number of pyridine rings is 1. The third kappa shape index (κ3) is 5.31. The van der Waals surface area contributed by atoms with Gasteiger partial charge >= 0.3 is 0 Å². The van der Waals surface area contributed by atoms with Crippen LogP contribution in [0.3, 0.4) is 0 Å². The second-order valence-corrected chi connectivity index (χ2v) is 6.73. The summed E-state index contributed by atoms with van der Waals surface area (Å²) < 4.78 is 5.38. The number of rotatable bonds is 6. The fourth-order valence-corrected chi connectivity index (χ4v) is 3.17. The van der Waals surface area contributed by atoms with E-state index in [1.54, 1.807) is 17.0 Å². The summed E-state index contributed by atoms with van der Waals surface area (Å²) in [7, 11) is 0. The molecule has 0 unspecified atom stereocenters. The lowest BCUT2D eigenvalue weighted by atomic mass is 10.2. The normalized spacial score (nSPS) is 15.3. The van der Waals surface area contributed by atoms with E-state index < -0.39 is 0 Å². The van der Waals surface area contributed by atoms with Crippen molar-refractivity contribution >= 4 is 23.6 Å². The first-order valence-electron chi connectivity index (χ1n) is 9.20. The summed E-state index contributed by atoms with van der Waals surface area (Å²) in [6.07, 6.45) is 4.29. The number of ether oxygens (including phenoxy) is 1. The van der Waals surface area contributed by atoms with E-state index in [1.165, 1.54) is 5.56 Å². The lowest BCUT2D eigenvalue weighted by Crippen LogP contribution is -2.48. The number of hydrogen-bond acceptors (Lipinski definition) is 4. The van der Waals surface area contributed by atoms with Crippen molar-refractivity contribution in [3.8, 4) is 5.88 Å². The highest BCUT2D eigenvalue weighted by Crippen LogP contribution is 2.20. The fraction of sp³-hybridized carbons (Fsp3) is 0.333. The summed E-state index contributed by atoms with van der Waals surface area (Å²) >= 11 is 6.18. The van der Waals surface area contributed by atoms with E-state index >= 15 is 0 Å². The molecule has 2 aromatic rings. The average Bonchev–Trinajstić information content (AvgIpc) is 2.70. The zero-order valence-electron chi connectivity index (χ0n) is 15.5. The van der Waals surface area contributed by atoms with E-state index in [0.717, 1.165) is 19.6 Å². The molecule has 0 atom stereocenters. The molecule has 0 radical (unpaired) electrons.